The van der Waals surface area contributed by atoms with Crippen molar-refractivity contribution in [1.29, 1.82) is 0 Å². The predicted molar refractivity (Wildman–Crippen MR) is 313 cm³/mol. The molecule has 1 aliphatic carbocycles. The molecule has 3 aromatic carbocycles. The molecule has 1 saturated carbocycles. The zero-order chi connectivity index (χ0) is 55.4. The van der Waals surface area contributed by atoms with Gasteiger partial charge in [0.15, 0.2) is 0 Å². The minimum Gasteiger partial charge on any atom is -0.463 e. The van der Waals surface area contributed by atoms with Crippen molar-refractivity contribution < 1.29 is 23.5 Å². The summed E-state index contributed by atoms with van der Waals surface area (Å²) in [6.45, 7) is 28.1. The number of carbonyl (C=O) groups excluding carboxylic acids is 3. The molecule has 0 spiro atoms. The quantitative estimate of drug-likeness (QED) is 0.0547. The average Bonchev–Trinajstić information content (AvgIpc) is 4.26. The number of halogens is 1. The van der Waals surface area contributed by atoms with Gasteiger partial charge in [0.1, 0.15) is 17.7 Å². The number of aryl methyl sites for hydroxylation is 2. The second kappa shape index (κ2) is 27.0. The van der Waals surface area contributed by atoms with Crippen LogP contribution in [0.1, 0.15) is 162 Å². The Labute approximate surface area is 459 Å². The molecule has 1 N–H and O–H groups in total. The Morgan fingerprint density at radius 1 is 0.948 bits per heavy atom. The van der Waals surface area contributed by atoms with E-state index in [2.05, 4.69) is 86.5 Å². The first-order valence-corrected chi connectivity index (χ1v) is 29.0. The van der Waals surface area contributed by atoms with Gasteiger partial charge in [-0.1, -0.05) is 97.9 Å². The van der Waals surface area contributed by atoms with Crippen molar-refractivity contribution in [1.82, 2.24) is 25.2 Å². The number of piperidine rings is 3. The molecule has 0 bridgehead atoms. The molecule has 13 heteroatoms. The Kier molecular flexibility index (Phi) is 20.5. The molecule has 5 heterocycles. The van der Waals surface area contributed by atoms with E-state index in [-0.39, 0.29) is 29.2 Å². The van der Waals surface area contributed by atoms with E-state index in [4.69, 9.17) is 26.1 Å². The molecular weight excluding hydrogens is 964 g/mol. The lowest BCUT2D eigenvalue weighted by Gasteiger charge is -2.40. The van der Waals surface area contributed by atoms with Crippen LogP contribution < -0.4 is 24.8 Å². The molecule has 0 radical (unpaired) electrons. The van der Waals surface area contributed by atoms with E-state index in [0.29, 0.717) is 36.4 Å². The third-order valence-corrected chi connectivity index (χ3v) is 16.5. The van der Waals surface area contributed by atoms with Crippen LogP contribution >= 0.6 is 0 Å². The summed E-state index contributed by atoms with van der Waals surface area (Å²) in [5, 5.41) is 4.85. The Balaban J connectivity index is 0.000000207. The maximum atomic E-state index is 14.7. The second-order valence-corrected chi connectivity index (χ2v) is 22.7. The molecule has 12 nitrogen and oxygen atoms in total. The van der Waals surface area contributed by atoms with E-state index in [1.165, 1.54) is 96.0 Å². The van der Waals surface area contributed by atoms with Crippen LogP contribution in [0, 0.1) is 49.3 Å². The number of unbranched alkanes of at least 4 members (excludes halogenated alkanes) is 2. The van der Waals surface area contributed by atoms with Crippen molar-refractivity contribution in [2.75, 3.05) is 60.6 Å². The van der Waals surface area contributed by atoms with Gasteiger partial charge in [-0.2, -0.15) is 9.97 Å². The lowest BCUT2D eigenvalue weighted by molar-refractivity contribution is -0.135. The van der Waals surface area contributed by atoms with Gasteiger partial charge in [0.05, 0.1) is 28.8 Å². The summed E-state index contributed by atoms with van der Waals surface area (Å²) in [6.07, 6.45) is 22.7. The molecule has 2 atom stereocenters. The molecule has 9 rings (SSSR count). The van der Waals surface area contributed by atoms with Crippen LogP contribution in [0.2, 0.25) is 0 Å². The van der Waals surface area contributed by atoms with Crippen LogP contribution in [0.3, 0.4) is 0 Å². The highest BCUT2D eigenvalue weighted by atomic mass is 19.1. The van der Waals surface area contributed by atoms with Gasteiger partial charge < -0.3 is 19.4 Å². The number of anilines is 3. The van der Waals surface area contributed by atoms with Crippen molar-refractivity contribution in [2.24, 2.45) is 17.3 Å². The van der Waals surface area contributed by atoms with Gasteiger partial charge >= 0.3 is 6.01 Å². The number of nitrogens with zero attached hydrogens (tertiary/aromatic N) is 7. The smallest absolute Gasteiger partial charge is 0.318 e. The number of fused-ring (bicyclic) bond motifs is 2. The van der Waals surface area contributed by atoms with Crippen LogP contribution in [0.5, 0.6) is 6.01 Å². The number of ether oxygens (including phenoxy) is 1. The summed E-state index contributed by atoms with van der Waals surface area (Å²) in [7, 11) is 0. The average molecular weight is 1050 g/mol. The van der Waals surface area contributed by atoms with Crippen molar-refractivity contribution in [3.63, 3.8) is 0 Å². The number of aromatic nitrogens is 3. The van der Waals surface area contributed by atoms with Gasteiger partial charge in [0, 0.05) is 85.1 Å². The Hall–Kier alpha value is -6.13. The van der Waals surface area contributed by atoms with Gasteiger partial charge in [0.25, 0.3) is 0 Å². The zero-order valence-electron chi connectivity index (χ0n) is 48.1. The van der Waals surface area contributed by atoms with E-state index >= 15 is 0 Å². The van der Waals surface area contributed by atoms with Crippen molar-refractivity contribution in [2.45, 2.75) is 171 Å². The largest absolute Gasteiger partial charge is 0.463 e. The van der Waals surface area contributed by atoms with Crippen molar-refractivity contribution >= 4 is 56.6 Å². The lowest BCUT2D eigenvalue weighted by Crippen LogP contribution is -2.54. The molecule has 5 aromatic rings. The van der Waals surface area contributed by atoms with Gasteiger partial charge in [-0.15, -0.1) is 6.42 Å². The number of hydrogen-bond donors (Lipinski definition) is 1. The van der Waals surface area contributed by atoms with Crippen LogP contribution in [0.15, 0.2) is 54.7 Å². The molecule has 77 heavy (non-hydrogen) atoms. The highest BCUT2D eigenvalue weighted by Crippen LogP contribution is 2.49. The van der Waals surface area contributed by atoms with Gasteiger partial charge in [0.2, 0.25) is 17.7 Å². The number of terminal acetylenes is 1. The van der Waals surface area contributed by atoms with E-state index in [1.54, 1.807) is 11.0 Å². The maximum absolute atomic E-state index is 14.7. The molecule has 3 aliphatic heterocycles. The van der Waals surface area contributed by atoms with E-state index in [1.807, 2.05) is 44.3 Å². The third-order valence-electron chi connectivity index (χ3n) is 16.5. The molecule has 414 valence electrons. The fourth-order valence-corrected chi connectivity index (χ4v) is 11.2. The Morgan fingerprint density at radius 2 is 1.70 bits per heavy atom. The number of hydrogen-bond acceptors (Lipinski definition) is 10. The summed E-state index contributed by atoms with van der Waals surface area (Å²) in [6, 6.07) is 15.6. The standard InChI is InChI=1S/C32H33FN4O.C27H42N4O3.C5H12/c1-5-23-26(33)13-12-22-10-7-11-24(27(22)23)28-21(4)29-25(17-34-28)30(37-16-8-9-20(3)18-37)36-31(35-29)38-19-32(6-2)14-15-32;1-5-7-8-16-29(15-6-2)22-13-17-30(18-14-22)23-9-10-24(20(3)19-23)31(21(4)32)25-11-12-26(33)28-27(25)34;1-4-5(2)3/h1,7,10-13,17,20H,6,8-9,14-16,18-19H2,2-4H3;9-10,19,22,25H,5-8,11-18H2,1-4H3,(H,28,33,34);5H,4H2,1-3H3. The zero-order valence-corrected chi connectivity index (χ0v) is 48.1. The van der Waals surface area contributed by atoms with Crippen LogP contribution in [0.25, 0.3) is 32.9 Å². The number of benzene rings is 3. The number of nitrogens with one attached hydrogen (secondary N) is 1. The Morgan fingerprint density at radius 3 is 2.32 bits per heavy atom. The molecular formula is C64H87FN8O4. The second-order valence-electron chi connectivity index (χ2n) is 22.7. The van der Waals surface area contributed by atoms with E-state index < -0.39 is 17.8 Å². The first-order valence-electron chi connectivity index (χ1n) is 29.0. The van der Waals surface area contributed by atoms with Crippen LogP contribution in [0.4, 0.5) is 21.6 Å². The molecule has 4 fully saturated rings. The van der Waals surface area contributed by atoms with E-state index in [0.717, 1.165) is 95.1 Å². The summed E-state index contributed by atoms with van der Waals surface area (Å²) >= 11 is 0. The number of amides is 3. The van der Waals surface area contributed by atoms with Gasteiger partial charge in [-0.05, 0) is 138 Å². The highest BCUT2D eigenvalue weighted by Gasteiger charge is 2.42. The predicted octanol–water partition coefficient (Wildman–Crippen LogP) is 13.2. The number of imide groups is 1. The summed E-state index contributed by atoms with van der Waals surface area (Å²) < 4.78 is 21.0. The van der Waals surface area contributed by atoms with E-state index in [9.17, 15) is 18.8 Å². The first kappa shape index (κ1) is 58.6. The molecule has 3 amide bonds. The molecule has 2 unspecified atom stereocenters. The molecule has 4 aliphatic rings. The maximum Gasteiger partial charge on any atom is 0.318 e. The van der Waals surface area contributed by atoms with Crippen molar-refractivity contribution in [3.05, 3.63) is 77.2 Å². The highest BCUT2D eigenvalue weighted by molar-refractivity contribution is 6.07. The summed E-state index contributed by atoms with van der Waals surface area (Å²) in [5.41, 5.74) is 6.63. The fraction of sp³-hybridized carbons (Fsp3) is 0.562. The van der Waals surface area contributed by atoms with Crippen LogP contribution in [-0.2, 0) is 14.4 Å². The first-order chi connectivity index (χ1) is 37.0. The Bertz CT molecular complexity index is 2890. The van der Waals surface area contributed by atoms with Gasteiger partial charge in [-0.3, -0.25) is 29.6 Å². The van der Waals surface area contributed by atoms with Gasteiger partial charge in [-0.25, -0.2) is 4.39 Å². The number of carbonyl (C=O) groups is 3. The number of pyridine rings is 1. The fourth-order valence-electron chi connectivity index (χ4n) is 11.2. The normalized spacial score (nSPS) is 18.3. The topological polar surface area (TPSA) is 124 Å². The third kappa shape index (κ3) is 14.3. The minimum atomic E-state index is -0.646. The summed E-state index contributed by atoms with van der Waals surface area (Å²) in [5.74, 6) is 3.65. The SMILES string of the molecule is C#Cc1c(F)ccc2cccc(-c3ncc4c(N5CCCC(C)C5)nc(OCC5(CC)CC5)nc4c3C)c12.CCC(C)C.CCCCCN(CCC)C1CCN(c2ccc(N(C(C)=O)C3CCC(=O)NC3=O)c(C)c2)CC1. The minimum absolute atomic E-state index is 0.190. The summed E-state index contributed by atoms with van der Waals surface area (Å²) in [4.78, 5) is 60.3. The molecule has 3 saturated heterocycles. The monoisotopic (exact) mass is 1050 g/mol. The number of rotatable bonds is 17. The molecule has 2 aromatic heterocycles. The lowest BCUT2D eigenvalue weighted by atomic mass is 9.94. The van der Waals surface area contributed by atoms with Crippen molar-refractivity contribution in [3.8, 4) is 29.6 Å². The van der Waals surface area contributed by atoms with Crippen LogP contribution in [-0.4, -0.2) is 95.5 Å².